The molecular formula is C8H14O2. The van der Waals surface area contributed by atoms with Crippen LogP contribution in [-0.4, -0.2) is 23.9 Å². The SMILES string of the molecule is OC1CCOC2CCCC12. The second-order valence-corrected chi connectivity index (χ2v) is 3.36. The minimum absolute atomic E-state index is 0.0683. The molecular weight excluding hydrogens is 128 g/mol. The molecule has 2 heteroatoms. The fourth-order valence-electron chi connectivity index (χ4n) is 2.16. The normalized spacial score (nSPS) is 47.1. The number of aliphatic hydroxyl groups is 1. The fourth-order valence-corrected chi connectivity index (χ4v) is 2.16. The van der Waals surface area contributed by atoms with E-state index >= 15 is 0 Å². The molecule has 2 rings (SSSR count). The van der Waals surface area contributed by atoms with Gasteiger partial charge in [0, 0.05) is 12.5 Å². The van der Waals surface area contributed by atoms with Gasteiger partial charge in [0.15, 0.2) is 0 Å². The number of aliphatic hydroxyl groups excluding tert-OH is 1. The number of ether oxygens (including phenoxy) is 1. The molecule has 0 bridgehead atoms. The maximum Gasteiger partial charge on any atom is 0.0628 e. The van der Waals surface area contributed by atoms with Crippen molar-refractivity contribution in [2.75, 3.05) is 6.61 Å². The van der Waals surface area contributed by atoms with E-state index < -0.39 is 0 Å². The van der Waals surface area contributed by atoms with Gasteiger partial charge in [-0.2, -0.15) is 0 Å². The van der Waals surface area contributed by atoms with Gasteiger partial charge in [-0.1, -0.05) is 6.42 Å². The third kappa shape index (κ3) is 0.956. The van der Waals surface area contributed by atoms with Crippen LogP contribution in [0.3, 0.4) is 0 Å². The summed E-state index contributed by atoms with van der Waals surface area (Å²) in [7, 11) is 0. The van der Waals surface area contributed by atoms with E-state index in [2.05, 4.69) is 0 Å². The molecule has 3 atom stereocenters. The molecule has 0 amide bonds. The van der Waals surface area contributed by atoms with Crippen molar-refractivity contribution in [3.8, 4) is 0 Å². The summed E-state index contributed by atoms with van der Waals surface area (Å²) in [5, 5.41) is 9.50. The zero-order valence-corrected chi connectivity index (χ0v) is 6.12. The van der Waals surface area contributed by atoms with Crippen molar-refractivity contribution in [2.45, 2.75) is 37.9 Å². The molecule has 58 valence electrons. The number of fused-ring (bicyclic) bond motifs is 1. The Hall–Kier alpha value is -0.0800. The van der Waals surface area contributed by atoms with E-state index in [9.17, 15) is 5.11 Å². The molecule has 2 fully saturated rings. The van der Waals surface area contributed by atoms with Gasteiger partial charge in [0.1, 0.15) is 0 Å². The number of rotatable bonds is 0. The Kier molecular flexibility index (Phi) is 1.66. The lowest BCUT2D eigenvalue weighted by Gasteiger charge is -2.30. The van der Waals surface area contributed by atoms with E-state index in [-0.39, 0.29) is 6.10 Å². The van der Waals surface area contributed by atoms with Crippen LogP contribution in [0.1, 0.15) is 25.7 Å². The third-order valence-corrected chi connectivity index (χ3v) is 2.74. The lowest BCUT2D eigenvalue weighted by atomic mass is 9.94. The highest BCUT2D eigenvalue weighted by atomic mass is 16.5. The first kappa shape index (κ1) is 6.62. The summed E-state index contributed by atoms with van der Waals surface area (Å²) in [5.74, 6) is 0.466. The molecule has 1 aliphatic carbocycles. The zero-order valence-electron chi connectivity index (χ0n) is 6.12. The van der Waals surface area contributed by atoms with Crippen LogP contribution in [0, 0.1) is 5.92 Å². The first-order valence-electron chi connectivity index (χ1n) is 4.17. The largest absolute Gasteiger partial charge is 0.393 e. The lowest BCUT2D eigenvalue weighted by molar-refractivity contribution is -0.0765. The summed E-state index contributed by atoms with van der Waals surface area (Å²) in [6.07, 6.45) is 4.76. The second-order valence-electron chi connectivity index (χ2n) is 3.36. The lowest BCUT2D eigenvalue weighted by Crippen LogP contribution is -2.35. The van der Waals surface area contributed by atoms with E-state index in [4.69, 9.17) is 4.74 Å². The van der Waals surface area contributed by atoms with Crippen LogP contribution >= 0.6 is 0 Å². The Morgan fingerprint density at radius 1 is 1.20 bits per heavy atom. The predicted molar refractivity (Wildman–Crippen MR) is 37.7 cm³/mol. The van der Waals surface area contributed by atoms with Crippen LogP contribution in [0.5, 0.6) is 0 Å². The molecule has 0 aromatic rings. The summed E-state index contributed by atoms with van der Waals surface area (Å²) in [4.78, 5) is 0. The number of hydrogen-bond donors (Lipinski definition) is 1. The fraction of sp³-hybridized carbons (Fsp3) is 1.00. The third-order valence-electron chi connectivity index (χ3n) is 2.74. The summed E-state index contributed by atoms with van der Waals surface area (Å²) in [5.41, 5.74) is 0. The quantitative estimate of drug-likeness (QED) is 0.545. The van der Waals surface area contributed by atoms with E-state index in [0.29, 0.717) is 12.0 Å². The zero-order chi connectivity index (χ0) is 6.97. The Bertz CT molecular complexity index is 124. The Morgan fingerprint density at radius 2 is 2.10 bits per heavy atom. The van der Waals surface area contributed by atoms with Crippen molar-refractivity contribution in [1.82, 2.24) is 0 Å². The van der Waals surface area contributed by atoms with Gasteiger partial charge in [0.2, 0.25) is 0 Å². The molecule has 1 heterocycles. The minimum Gasteiger partial charge on any atom is -0.393 e. The summed E-state index contributed by atoms with van der Waals surface area (Å²) >= 11 is 0. The smallest absolute Gasteiger partial charge is 0.0628 e. The van der Waals surface area contributed by atoms with Crippen LogP contribution in [0.2, 0.25) is 0 Å². The van der Waals surface area contributed by atoms with Crippen LogP contribution in [0.25, 0.3) is 0 Å². The molecule has 2 nitrogen and oxygen atoms in total. The van der Waals surface area contributed by atoms with Crippen molar-refractivity contribution in [3.05, 3.63) is 0 Å². The first-order chi connectivity index (χ1) is 4.88. The van der Waals surface area contributed by atoms with Gasteiger partial charge < -0.3 is 9.84 Å². The minimum atomic E-state index is -0.0683. The van der Waals surface area contributed by atoms with Crippen molar-refractivity contribution in [2.24, 2.45) is 5.92 Å². The molecule has 0 aromatic carbocycles. The maximum absolute atomic E-state index is 9.50. The van der Waals surface area contributed by atoms with Gasteiger partial charge in [0.05, 0.1) is 12.2 Å². The molecule has 3 unspecified atom stereocenters. The Labute approximate surface area is 61.2 Å². The van der Waals surface area contributed by atoms with Crippen molar-refractivity contribution in [1.29, 1.82) is 0 Å². The van der Waals surface area contributed by atoms with E-state index in [1.54, 1.807) is 0 Å². The molecule has 1 aliphatic heterocycles. The van der Waals surface area contributed by atoms with Crippen LogP contribution in [0.15, 0.2) is 0 Å². The van der Waals surface area contributed by atoms with E-state index in [1.165, 1.54) is 19.3 Å². The highest BCUT2D eigenvalue weighted by molar-refractivity contribution is 4.86. The molecule has 0 aromatic heterocycles. The average molecular weight is 142 g/mol. The summed E-state index contributed by atoms with van der Waals surface area (Å²) in [6, 6.07) is 0. The molecule has 0 spiro atoms. The molecule has 1 saturated heterocycles. The number of hydrogen-bond acceptors (Lipinski definition) is 2. The average Bonchev–Trinajstić information content (AvgIpc) is 2.36. The Balaban J connectivity index is 2.03. The van der Waals surface area contributed by atoms with Crippen LogP contribution in [-0.2, 0) is 4.74 Å². The molecule has 1 N–H and O–H groups in total. The topological polar surface area (TPSA) is 29.5 Å². The van der Waals surface area contributed by atoms with Crippen LogP contribution < -0.4 is 0 Å². The maximum atomic E-state index is 9.50. The van der Waals surface area contributed by atoms with Crippen molar-refractivity contribution < 1.29 is 9.84 Å². The summed E-state index contributed by atoms with van der Waals surface area (Å²) in [6.45, 7) is 0.766. The summed E-state index contributed by atoms with van der Waals surface area (Å²) < 4.78 is 5.51. The van der Waals surface area contributed by atoms with E-state index in [0.717, 1.165) is 13.0 Å². The molecule has 2 aliphatic rings. The van der Waals surface area contributed by atoms with Gasteiger partial charge in [0.25, 0.3) is 0 Å². The van der Waals surface area contributed by atoms with Crippen LogP contribution in [0.4, 0.5) is 0 Å². The second kappa shape index (κ2) is 2.51. The molecule has 1 saturated carbocycles. The van der Waals surface area contributed by atoms with Gasteiger partial charge in [-0.15, -0.1) is 0 Å². The molecule has 10 heavy (non-hydrogen) atoms. The predicted octanol–water partition coefficient (Wildman–Crippen LogP) is 0.936. The Morgan fingerprint density at radius 3 is 2.90 bits per heavy atom. The van der Waals surface area contributed by atoms with Gasteiger partial charge in [-0.3, -0.25) is 0 Å². The standard InChI is InChI=1S/C8H14O2/c9-7-4-5-10-8-3-1-2-6(7)8/h6-9H,1-5H2. The van der Waals surface area contributed by atoms with E-state index in [1.807, 2.05) is 0 Å². The monoisotopic (exact) mass is 142 g/mol. The van der Waals surface area contributed by atoms with Gasteiger partial charge >= 0.3 is 0 Å². The highest BCUT2D eigenvalue weighted by Crippen LogP contribution is 2.34. The van der Waals surface area contributed by atoms with Gasteiger partial charge in [-0.25, -0.2) is 0 Å². The molecule has 0 radical (unpaired) electrons. The highest BCUT2D eigenvalue weighted by Gasteiger charge is 2.36. The van der Waals surface area contributed by atoms with Crippen molar-refractivity contribution in [3.63, 3.8) is 0 Å². The van der Waals surface area contributed by atoms with Crippen molar-refractivity contribution >= 4 is 0 Å². The first-order valence-corrected chi connectivity index (χ1v) is 4.17. The van der Waals surface area contributed by atoms with Gasteiger partial charge in [-0.05, 0) is 19.3 Å².